The molecule has 0 unspecified atom stereocenters. The molecule has 0 aromatic carbocycles. The van der Waals surface area contributed by atoms with E-state index in [0.717, 1.165) is 16.0 Å². The summed E-state index contributed by atoms with van der Waals surface area (Å²) in [6.07, 6.45) is 3.99. The first-order valence-corrected chi connectivity index (χ1v) is 9.53. The number of pyridine rings is 1. The molecule has 31 heavy (non-hydrogen) atoms. The predicted molar refractivity (Wildman–Crippen MR) is 107 cm³/mol. The summed E-state index contributed by atoms with van der Waals surface area (Å²) in [6.45, 7) is 4.11. The standard InChI is InChI=1S/C21H21F2N5O3/c1-12(19-13(2)27-31-14(19)3)6-15-9-25-5-4-17(15)20(30)26-10-18(29)28-11-21(22,23)7-16(28)8-24/h4-6,9,16H,7,10-11H2,1-3H3,(H,26,30)/b12-6+/t16-/m0/s1. The van der Waals surface area contributed by atoms with E-state index in [2.05, 4.69) is 15.5 Å². The molecule has 162 valence electrons. The second-order valence-corrected chi connectivity index (χ2v) is 7.40. The molecule has 1 aliphatic heterocycles. The molecule has 0 bridgehead atoms. The Morgan fingerprint density at radius 1 is 1.45 bits per heavy atom. The summed E-state index contributed by atoms with van der Waals surface area (Å²) in [5, 5.41) is 15.4. The zero-order valence-corrected chi connectivity index (χ0v) is 17.3. The number of hydrogen-bond acceptors (Lipinski definition) is 6. The van der Waals surface area contributed by atoms with Crippen molar-refractivity contribution in [1.29, 1.82) is 5.26 Å². The Balaban J connectivity index is 1.74. The van der Waals surface area contributed by atoms with Crippen molar-refractivity contribution >= 4 is 23.5 Å². The number of halogens is 2. The number of carbonyl (C=O) groups excluding carboxylic acids is 2. The lowest BCUT2D eigenvalue weighted by Gasteiger charge is -2.19. The number of aromatic nitrogens is 2. The van der Waals surface area contributed by atoms with Crippen LogP contribution in [-0.4, -0.2) is 51.9 Å². The zero-order chi connectivity index (χ0) is 22.8. The molecule has 0 aliphatic carbocycles. The van der Waals surface area contributed by atoms with Crippen molar-refractivity contribution in [2.45, 2.75) is 39.2 Å². The second-order valence-electron chi connectivity index (χ2n) is 7.40. The number of nitrogens with one attached hydrogen (secondary N) is 1. The van der Waals surface area contributed by atoms with E-state index < -0.39 is 43.3 Å². The highest BCUT2D eigenvalue weighted by molar-refractivity contribution is 6.01. The summed E-state index contributed by atoms with van der Waals surface area (Å²) in [5.41, 5.74) is 3.11. The Hall–Kier alpha value is -3.61. The highest BCUT2D eigenvalue weighted by Crippen LogP contribution is 2.31. The molecule has 1 aliphatic rings. The number of hydrogen-bond donors (Lipinski definition) is 1. The molecule has 2 aromatic heterocycles. The van der Waals surface area contributed by atoms with E-state index in [1.807, 2.05) is 13.8 Å². The van der Waals surface area contributed by atoms with Gasteiger partial charge in [0.2, 0.25) is 5.91 Å². The molecule has 0 radical (unpaired) electrons. The lowest BCUT2D eigenvalue weighted by atomic mass is 10.0. The number of allylic oxidation sites excluding steroid dienone is 1. The number of rotatable bonds is 5. The van der Waals surface area contributed by atoms with E-state index in [4.69, 9.17) is 9.78 Å². The number of carbonyl (C=O) groups is 2. The highest BCUT2D eigenvalue weighted by Gasteiger charge is 2.47. The molecule has 0 spiro atoms. The van der Waals surface area contributed by atoms with Crippen molar-refractivity contribution in [3.05, 3.63) is 46.6 Å². The van der Waals surface area contributed by atoms with Gasteiger partial charge in [0.25, 0.3) is 11.8 Å². The number of aryl methyl sites for hydroxylation is 2. The average molecular weight is 429 g/mol. The SMILES string of the molecule is C/C(=C\c1cnccc1C(=O)NCC(=O)N1CC(F)(F)C[C@H]1C#N)c1c(C)noc1C. The first-order valence-electron chi connectivity index (χ1n) is 9.53. The topological polar surface area (TPSA) is 112 Å². The van der Waals surface area contributed by atoms with E-state index in [9.17, 15) is 18.4 Å². The summed E-state index contributed by atoms with van der Waals surface area (Å²) in [4.78, 5) is 29.8. The van der Waals surface area contributed by atoms with Crippen molar-refractivity contribution in [1.82, 2.24) is 20.4 Å². The second kappa shape index (κ2) is 8.63. The number of alkyl halides is 2. The minimum Gasteiger partial charge on any atom is -0.361 e. The number of nitrogens with zero attached hydrogens (tertiary/aromatic N) is 4. The van der Waals surface area contributed by atoms with E-state index >= 15 is 0 Å². The van der Waals surface area contributed by atoms with Gasteiger partial charge in [-0.15, -0.1) is 0 Å². The van der Waals surface area contributed by atoms with Crippen molar-refractivity contribution in [2.24, 2.45) is 0 Å². The van der Waals surface area contributed by atoms with E-state index in [1.54, 1.807) is 19.1 Å². The first kappa shape index (κ1) is 22.1. The van der Waals surface area contributed by atoms with Crippen molar-refractivity contribution in [3.63, 3.8) is 0 Å². The molecule has 2 amide bonds. The van der Waals surface area contributed by atoms with Crippen molar-refractivity contribution in [3.8, 4) is 6.07 Å². The maximum atomic E-state index is 13.5. The molecule has 3 rings (SSSR count). The first-order chi connectivity index (χ1) is 14.6. The summed E-state index contributed by atoms with van der Waals surface area (Å²) in [7, 11) is 0. The summed E-state index contributed by atoms with van der Waals surface area (Å²) >= 11 is 0. The van der Waals surface area contributed by atoms with Crippen LogP contribution in [-0.2, 0) is 4.79 Å². The molecular formula is C21H21F2N5O3. The van der Waals surface area contributed by atoms with Gasteiger partial charge >= 0.3 is 0 Å². The predicted octanol–water partition coefficient (Wildman–Crippen LogP) is 2.74. The maximum Gasteiger partial charge on any atom is 0.268 e. The normalized spacial score (nSPS) is 18.0. The smallest absolute Gasteiger partial charge is 0.268 e. The fourth-order valence-corrected chi connectivity index (χ4v) is 3.63. The van der Waals surface area contributed by atoms with Gasteiger partial charge in [0.15, 0.2) is 0 Å². The van der Waals surface area contributed by atoms with E-state index in [-0.39, 0.29) is 5.56 Å². The molecule has 1 fully saturated rings. The van der Waals surface area contributed by atoms with E-state index in [0.29, 0.717) is 17.0 Å². The van der Waals surface area contributed by atoms with E-state index in [1.165, 1.54) is 18.5 Å². The van der Waals surface area contributed by atoms with Crippen LogP contribution in [0.3, 0.4) is 0 Å². The monoisotopic (exact) mass is 429 g/mol. The van der Waals surface area contributed by atoms with Crippen LogP contribution in [0.15, 0.2) is 23.0 Å². The number of amides is 2. The summed E-state index contributed by atoms with van der Waals surface area (Å²) in [6, 6.07) is 1.99. The van der Waals surface area contributed by atoms with Gasteiger partial charge in [0.05, 0.1) is 24.9 Å². The Labute approximate surface area is 177 Å². The van der Waals surface area contributed by atoms with Gasteiger partial charge in [-0.2, -0.15) is 5.26 Å². The largest absolute Gasteiger partial charge is 0.361 e. The molecule has 1 N–H and O–H groups in total. The van der Waals surface area contributed by atoms with Gasteiger partial charge in [-0.1, -0.05) is 5.16 Å². The lowest BCUT2D eigenvalue weighted by molar-refractivity contribution is -0.131. The van der Waals surface area contributed by atoms with Gasteiger partial charge < -0.3 is 14.7 Å². The zero-order valence-electron chi connectivity index (χ0n) is 17.3. The highest BCUT2D eigenvalue weighted by atomic mass is 19.3. The summed E-state index contributed by atoms with van der Waals surface area (Å²) < 4.78 is 32.3. The fourth-order valence-electron chi connectivity index (χ4n) is 3.63. The molecule has 3 heterocycles. The van der Waals surface area contributed by atoms with Gasteiger partial charge in [-0.25, -0.2) is 8.78 Å². The van der Waals surface area contributed by atoms with Crippen LogP contribution in [0, 0.1) is 25.2 Å². The molecule has 1 atom stereocenters. The quantitative estimate of drug-likeness (QED) is 0.782. The van der Waals surface area contributed by atoms with Crippen LogP contribution >= 0.6 is 0 Å². The van der Waals surface area contributed by atoms with Crippen LogP contribution in [0.25, 0.3) is 11.6 Å². The average Bonchev–Trinajstić information content (AvgIpc) is 3.23. The molecule has 10 heteroatoms. The number of likely N-dealkylation sites (tertiary alicyclic amines) is 1. The van der Waals surface area contributed by atoms with Crippen LogP contribution in [0.4, 0.5) is 8.78 Å². The Kier molecular flexibility index (Phi) is 6.15. The van der Waals surface area contributed by atoms with Crippen molar-refractivity contribution < 1.29 is 22.9 Å². The summed E-state index contributed by atoms with van der Waals surface area (Å²) in [5.74, 6) is -3.77. The third-order valence-electron chi connectivity index (χ3n) is 5.04. The van der Waals surface area contributed by atoms with Gasteiger partial charge in [0.1, 0.15) is 11.8 Å². The molecule has 1 saturated heterocycles. The molecule has 2 aromatic rings. The van der Waals surface area contributed by atoms with Crippen LogP contribution in [0.5, 0.6) is 0 Å². The van der Waals surface area contributed by atoms with Crippen LogP contribution in [0.1, 0.15) is 46.3 Å². The van der Waals surface area contributed by atoms with Crippen LogP contribution in [0.2, 0.25) is 0 Å². The Bertz CT molecular complexity index is 1070. The maximum absolute atomic E-state index is 13.5. The third kappa shape index (κ3) is 4.77. The van der Waals surface area contributed by atoms with Crippen LogP contribution < -0.4 is 5.32 Å². The van der Waals surface area contributed by atoms with Gasteiger partial charge in [0, 0.05) is 35.5 Å². The lowest BCUT2D eigenvalue weighted by Crippen LogP contribution is -2.43. The number of nitriles is 1. The minimum absolute atomic E-state index is 0.262. The van der Waals surface area contributed by atoms with Crippen molar-refractivity contribution in [2.75, 3.05) is 13.1 Å². The van der Waals surface area contributed by atoms with Gasteiger partial charge in [-0.05, 0) is 38.5 Å². The van der Waals surface area contributed by atoms with Gasteiger partial charge in [-0.3, -0.25) is 14.6 Å². The minimum atomic E-state index is -3.11. The molecule has 0 saturated carbocycles. The third-order valence-corrected chi connectivity index (χ3v) is 5.04. The fraction of sp³-hybridized carbons (Fsp3) is 0.381. The molecular weight excluding hydrogens is 408 g/mol. The molecule has 8 nitrogen and oxygen atoms in total. The Morgan fingerprint density at radius 2 is 2.19 bits per heavy atom. The Morgan fingerprint density at radius 3 is 2.84 bits per heavy atom.